The van der Waals surface area contributed by atoms with Crippen LogP contribution in [0, 0.1) is 0 Å². The molecule has 1 aliphatic carbocycles. The molecule has 3 N–H and O–H groups in total. The van der Waals surface area contributed by atoms with Crippen molar-refractivity contribution >= 4 is 0 Å². The van der Waals surface area contributed by atoms with E-state index in [2.05, 4.69) is 53.5 Å². The van der Waals surface area contributed by atoms with Crippen LogP contribution in [0.25, 0.3) is 0 Å². The summed E-state index contributed by atoms with van der Waals surface area (Å²) in [5.74, 6) is 0. The molecule has 110 valence electrons. The lowest BCUT2D eigenvalue weighted by Gasteiger charge is -2.38. The largest absolute Gasteiger partial charge is 0.324 e. The summed E-state index contributed by atoms with van der Waals surface area (Å²) in [5.41, 5.74) is 8.95. The maximum absolute atomic E-state index is 6.24. The van der Waals surface area contributed by atoms with Crippen LogP contribution in [-0.2, 0) is 0 Å². The van der Waals surface area contributed by atoms with Crippen LogP contribution in [0.2, 0.25) is 0 Å². The summed E-state index contributed by atoms with van der Waals surface area (Å²) in [6.07, 6.45) is 1.02. The Hall–Kier alpha value is -0.940. The summed E-state index contributed by atoms with van der Waals surface area (Å²) in [6.45, 7) is 4.50. The molecule has 3 atom stereocenters. The molecule has 0 amide bonds. The van der Waals surface area contributed by atoms with E-state index in [9.17, 15) is 0 Å². The Labute approximate surface area is 121 Å². The van der Waals surface area contributed by atoms with E-state index in [1.807, 2.05) is 0 Å². The third kappa shape index (κ3) is 2.74. The van der Waals surface area contributed by atoms with Crippen LogP contribution in [0.5, 0.6) is 0 Å². The summed E-state index contributed by atoms with van der Waals surface area (Å²) in [5, 5.41) is 3.74. The van der Waals surface area contributed by atoms with Crippen molar-refractivity contribution in [3.63, 3.8) is 0 Å². The first-order chi connectivity index (χ1) is 9.65. The smallest absolute Gasteiger partial charge is 0.0345 e. The van der Waals surface area contributed by atoms with Gasteiger partial charge in [-0.25, -0.2) is 0 Å². The molecule has 0 aromatic heterocycles. The maximum atomic E-state index is 6.24. The summed E-state index contributed by atoms with van der Waals surface area (Å²) in [4.78, 5) is 4.88. The summed E-state index contributed by atoms with van der Waals surface area (Å²) in [6, 6.07) is 9.80. The van der Waals surface area contributed by atoms with E-state index in [1.165, 1.54) is 17.7 Å². The fourth-order valence-electron chi connectivity index (χ4n) is 3.47. The molecule has 0 radical (unpaired) electrons. The predicted molar refractivity (Wildman–Crippen MR) is 82.6 cm³/mol. The quantitative estimate of drug-likeness (QED) is 0.862. The maximum Gasteiger partial charge on any atom is 0.0345 e. The first kappa shape index (κ1) is 14.0. The van der Waals surface area contributed by atoms with Gasteiger partial charge in [-0.1, -0.05) is 24.3 Å². The summed E-state index contributed by atoms with van der Waals surface area (Å²) < 4.78 is 0. The van der Waals surface area contributed by atoms with Gasteiger partial charge in [0.25, 0.3) is 0 Å². The number of rotatable bonds is 3. The number of piperazine rings is 1. The minimum absolute atomic E-state index is 0.190. The molecule has 1 aliphatic heterocycles. The molecule has 1 aromatic carbocycles. The fraction of sp³-hybridized carbons (Fsp3) is 0.625. The molecule has 0 saturated carbocycles. The highest BCUT2D eigenvalue weighted by atomic mass is 15.3. The number of nitrogens with two attached hydrogens (primary N) is 1. The standard InChI is InChI=1S/C16H26N4/c1-19-7-8-20(2)12(11-19)10-18-16-9-15(17)13-5-3-4-6-14(13)16/h3-6,12,15-16,18H,7-11,17H2,1-2H3. The zero-order valence-electron chi connectivity index (χ0n) is 12.5. The number of nitrogens with zero attached hydrogens (tertiary/aromatic N) is 2. The van der Waals surface area contributed by atoms with Crippen molar-refractivity contribution in [2.24, 2.45) is 5.73 Å². The Kier molecular flexibility index (Phi) is 4.08. The molecule has 1 heterocycles. The third-order valence-corrected chi connectivity index (χ3v) is 4.84. The van der Waals surface area contributed by atoms with E-state index >= 15 is 0 Å². The van der Waals surface area contributed by atoms with Gasteiger partial charge in [-0.3, -0.25) is 4.90 Å². The monoisotopic (exact) mass is 274 g/mol. The third-order valence-electron chi connectivity index (χ3n) is 4.84. The molecule has 0 spiro atoms. The summed E-state index contributed by atoms with van der Waals surface area (Å²) in [7, 11) is 4.44. The van der Waals surface area contributed by atoms with Gasteiger partial charge in [-0.05, 0) is 31.6 Å². The van der Waals surface area contributed by atoms with Gasteiger partial charge in [0, 0.05) is 44.3 Å². The van der Waals surface area contributed by atoms with Gasteiger partial charge in [0.15, 0.2) is 0 Å². The second kappa shape index (κ2) is 5.82. The van der Waals surface area contributed by atoms with Crippen LogP contribution >= 0.6 is 0 Å². The lowest BCUT2D eigenvalue weighted by atomic mass is 10.1. The Morgan fingerprint density at radius 3 is 2.75 bits per heavy atom. The number of fused-ring (bicyclic) bond motifs is 1. The van der Waals surface area contributed by atoms with Gasteiger partial charge in [-0.2, -0.15) is 0 Å². The molecule has 1 saturated heterocycles. The highest BCUT2D eigenvalue weighted by Gasteiger charge is 2.29. The van der Waals surface area contributed by atoms with Gasteiger partial charge in [0.2, 0.25) is 0 Å². The second-order valence-corrected chi connectivity index (χ2v) is 6.33. The van der Waals surface area contributed by atoms with Crippen molar-refractivity contribution in [2.75, 3.05) is 40.3 Å². The van der Waals surface area contributed by atoms with Crippen molar-refractivity contribution in [3.05, 3.63) is 35.4 Å². The van der Waals surface area contributed by atoms with Crippen molar-refractivity contribution in [1.29, 1.82) is 0 Å². The molecule has 3 unspecified atom stereocenters. The van der Waals surface area contributed by atoms with E-state index in [0.717, 1.165) is 26.1 Å². The minimum Gasteiger partial charge on any atom is -0.324 e. The van der Waals surface area contributed by atoms with Crippen molar-refractivity contribution in [3.8, 4) is 0 Å². The molecule has 20 heavy (non-hydrogen) atoms. The predicted octanol–water partition coefficient (Wildman–Crippen LogP) is 0.967. The lowest BCUT2D eigenvalue weighted by Crippen LogP contribution is -2.54. The molecule has 4 nitrogen and oxygen atoms in total. The van der Waals surface area contributed by atoms with Crippen LogP contribution < -0.4 is 11.1 Å². The zero-order valence-corrected chi connectivity index (χ0v) is 12.5. The average Bonchev–Trinajstić information content (AvgIpc) is 2.77. The Bertz CT molecular complexity index is 462. The molecule has 3 rings (SSSR count). The van der Waals surface area contributed by atoms with Gasteiger partial charge < -0.3 is 16.0 Å². The molecule has 4 heteroatoms. The highest BCUT2D eigenvalue weighted by Crippen LogP contribution is 2.36. The van der Waals surface area contributed by atoms with Crippen LogP contribution in [0.1, 0.15) is 29.6 Å². The van der Waals surface area contributed by atoms with E-state index in [-0.39, 0.29) is 6.04 Å². The van der Waals surface area contributed by atoms with E-state index in [0.29, 0.717) is 12.1 Å². The zero-order chi connectivity index (χ0) is 14.1. The second-order valence-electron chi connectivity index (χ2n) is 6.33. The van der Waals surface area contributed by atoms with Gasteiger partial charge in [0.1, 0.15) is 0 Å². The van der Waals surface area contributed by atoms with E-state index in [4.69, 9.17) is 5.73 Å². The number of benzene rings is 1. The van der Waals surface area contributed by atoms with Crippen LogP contribution in [-0.4, -0.2) is 56.1 Å². The van der Waals surface area contributed by atoms with Gasteiger partial charge >= 0.3 is 0 Å². The Morgan fingerprint density at radius 1 is 1.20 bits per heavy atom. The van der Waals surface area contributed by atoms with Crippen LogP contribution in [0.15, 0.2) is 24.3 Å². The number of nitrogens with one attached hydrogen (secondary N) is 1. The Balaban J connectivity index is 1.62. The van der Waals surface area contributed by atoms with Crippen molar-refractivity contribution < 1.29 is 0 Å². The highest BCUT2D eigenvalue weighted by molar-refractivity contribution is 5.37. The number of hydrogen-bond donors (Lipinski definition) is 2. The fourth-order valence-corrected chi connectivity index (χ4v) is 3.47. The topological polar surface area (TPSA) is 44.5 Å². The first-order valence-electron chi connectivity index (χ1n) is 7.61. The number of hydrogen-bond acceptors (Lipinski definition) is 4. The molecule has 0 bridgehead atoms. The van der Waals surface area contributed by atoms with E-state index in [1.54, 1.807) is 0 Å². The molecule has 1 aromatic rings. The Morgan fingerprint density at radius 2 is 1.95 bits per heavy atom. The molecular weight excluding hydrogens is 248 g/mol. The van der Waals surface area contributed by atoms with Crippen LogP contribution in [0.3, 0.4) is 0 Å². The van der Waals surface area contributed by atoms with E-state index < -0.39 is 0 Å². The summed E-state index contributed by atoms with van der Waals surface area (Å²) >= 11 is 0. The first-order valence-corrected chi connectivity index (χ1v) is 7.61. The lowest BCUT2D eigenvalue weighted by molar-refractivity contribution is 0.111. The molecular formula is C16H26N4. The normalized spacial score (nSPS) is 31.4. The van der Waals surface area contributed by atoms with Gasteiger partial charge in [-0.15, -0.1) is 0 Å². The van der Waals surface area contributed by atoms with Crippen molar-refractivity contribution in [2.45, 2.75) is 24.5 Å². The molecule has 2 aliphatic rings. The van der Waals surface area contributed by atoms with Crippen LogP contribution in [0.4, 0.5) is 0 Å². The SMILES string of the molecule is CN1CCN(C)C(CNC2CC(N)c3ccccc32)C1. The minimum atomic E-state index is 0.190. The van der Waals surface area contributed by atoms with Gasteiger partial charge in [0.05, 0.1) is 0 Å². The number of likely N-dealkylation sites (N-methyl/N-ethyl adjacent to an activating group) is 2. The van der Waals surface area contributed by atoms with Crippen molar-refractivity contribution in [1.82, 2.24) is 15.1 Å². The molecule has 1 fully saturated rings. The average molecular weight is 274 g/mol.